The van der Waals surface area contributed by atoms with Crippen LogP contribution in [0.2, 0.25) is 0 Å². The number of fused-ring (bicyclic) bond motifs is 9. The van der Waals surface area contributed by atoms with Crippen molar-refractivity contribution in [2.24, 2.45) is 0 Å². The monoisotopic (exact) mass is 674 g/mol. The van der Waals surface area contributed by atoms with E-state index in [-0.39, 0.29) is 0 Å². The first-order valence-corrected chi connectivity index (χ1v) is 18.0. The van der Waals surface area contributed by atoms with Gasteiger partial charge < -0.3 is 4.57 Å². The summed E-state index contributed by atoms with van der Waals surface area (Å²) >= 11 is 0. The SMILES string of the molecule is c1ccc(-c2nc(-c3ccc4ccccc4c3-n3c4ccccc4c4ccccc43)nc(-c3cc4c5ccccc5ccc4c4ccccc34)n2)cc1. The van der Waals surface area contributed by atoms with Crippen molar-refractivity contribution < 1.29 is 0 Å². The summed E-state index contributed by atoms with van der Waals surface area (Å²) in [6, 6.07) is 64.4. The van der Waals surface area contributed by atoms with Crippen LogP contribution in [0.5, 0.6) is 0 Å². The molecule has 11 rings (SSSR count). The molecule has 246 valence electrons. The van der Waals surface area contributed by atoms with Gasteiger partial charge in [-0.05, 0) is 62.0 Å². The van der Waals surface area contributed by atoms with E-state index in [0.717, 1.165) is 49.6 Å². The molecule has 0 aliphatic heterocycles. The van der Waals surface area contributed by atoms with Crippen LogP contribution in [0.3, 0.4) is 0 Å². The Morgan fingerprint density at radius 1 is 0.302 bits per heavy atom. The average Bonchev–Trinajstić information content (AvgIpc) is 3.57. The maximum absolute atomic E-state index is 5.44. The van der Waals surface area contributed by atoms with Crippen LogP contribution in [0, 0.1) is 0 Å². The highest BCUT2D eigenvalue weighted by atomic mass is 15.1. The molecule has 4 nitrogen and oxygen atoms in total. The Balaban J connectivity index is 1.27. The van der Waals surface area contributed by atoms with E-state index in [1.54, 1.807) is 0 Å². The molecular formula is C49H30N4. The molecule has 0 amide bonds. The molecule has 4 heteroatoms. The van der Waals surface area contributed by atoms with Gasteiger partial charge in [-0.15, -0.1) is 0 Å². The van der Waals surface area contributed by atoms with E-state index < -0.39 is 0 Å². The van der Waals surface area contributed by atoms with Gasteiger partial charge in [-0.25, -0.2) is 15.0 Å². The van der Waals surface area contributed by atoms with E-state index >= 15 is 0 Å². The third kappa shape index (κ3) is 4.59. The molecule has 0 saturated carbocycles. The Kier molecular flexibility index (Phi) is 6.52. The van der Waals surface area contributed by atoms with Gasteiger partial charge in [0.25, 0.3) is 0 Å². The molecule has 11 aromatic rings. The van der Waals surface area contributed by atoms with Gasteiger partial charge in [0.15, 0.2) is 17.5 Å². The van der Waals surface area contributed by atoms with Crippen molar-refractivity contribution in [3.63, 3.8) is 0 Å². The van der Waals surface area contributed by atoms with Gasteiger partial charge in [0.05, 0.1) is 16.7 Å². The normalized spacial score (nSPS) is 11.8. The molecule has 0 aliphatic rings. The minimum absolute atomic E-state index is 0.624. The minimum atomic E-state index is 0.624. The van der Waals surface area contributed by atoms with Gasteiger partial charge >= 0.3 is 0 Å². The van der Waals surface area contributed by atoms with Gasteiger partial charge in [0.1, 0.15) is 0 Å². The van der Waals surface area contributed by atoms with Crippen LogP contribution in [-0.4, -0.2) is 19.5 Å². The largest absolute Gasteiger partial charge is 0.308 e. The van der Waals surface area contributed by atoms with E-state index in [9.17, 15) is 0 Å². The maximum Gasteiger partial charge on any atom is 0.166 e. The quantitative estimate of drug-likeness (QED) is 0.175. The Bertz CT molecular complexity index is 3180. The maximum atomic E-state index is 5.44. The van der Waals surface area contributed by atoms with Crippen molar-refractivity contribution in [2.75, 3.05) is 0 Å². The highest BCUT2D eigenvalue weighted by molar-refractivity contribution is 6.20. The molecule has 0 fully saturated rings. The first kappa shape index (κ1) is 29.5. The molecule has 0 radical (unpaired) electrons. The lowest BCUT2D eigenvalue weighted by Crippen LogP contribution is -2.04. The zero-order valence-corrected chi connectivity index (χ0v) is 28.6. The first-order valence-electron chi connectivity index (χ1n) is 18.0. The number of rotatable bonds is 4. The second kappa shape index (κ2) is 11.7. The lowest BCUT2D eigenvalue weighted by Gasteiger charge is -2.18. The van der Waals surface area contributed by atoms with Gasteiger partial charge in [0, 0.05) is 32.8 Å². The van der Waals surface area contributed by atoms with Crippen LogP contribution in [0.25, 0.3) is 105 Å². The van der Waals surface area contributed by atoms with Crippen LogP contribution >= 0.6 is 0 Å². The average molecular weight is 675 g/mol. The van der Waals surface area contributed by atoms with Crippen LogP contribution in [0.15, 0.2) is 182 Å². The molecule has 0 atom stereocenters. The van der Waals surface area contributed by atoms with Crippen molar-refractivity contribution in [2.45, 2.75) is 0 Å². The third-order valence-electron chi connectivity index (χ3n) is 10.6. The second-order valence-corrected chi connectivity index (χ2v) is 13.6. The summed E-state index contributed by atoms with van der Waals surface area (Å²) in [6.07, 6.45) is 0. The Morgan fingerprint density at radius 3 is 1.51 bits per heavy atom. The zero-order chi connectivity index (χ0) is 34.9. The molecule has 0 bridgehead atoms. The number of aromatic nitrogens is 4. The summed E-state index contributed by atoms with van der Waals surface area (Å²) in [5.41, 5.74) is 6.17. The van der Waals surface area contributed by atoms with Crippen molar-refractivity contribution in [3.05, 3.63) is 182 Å². The molecule has 0 spiro atoms. The molecule has 0 aliphatic carbocycles. The number of nitrogens with zero attached hydrogens (tertiary/aromatic N) is 4. The molecule has 0 saturated heterocycles. The van der Waals surface area contributed by atoms with E-state index in [1.807, 2.05) is 18.2 Å². The van der Waals surface area contributed by atoms with E-state index in [4.69, 9.17) is 15.0 Å². The van der Waals surface area contributed by atoms with E-state index in [1.165, 1.54) is 37.7 Å². The standard InChI is InChI=1S/C49H30N4/c1-2-16-33(17-3-1)47-50-48(52-49(51-47)43-30-42-34-18-6-4-14-31(34)26-28-38(42)36-20-8-9-21-37(36)43)41-29-27-32-15-5-7-19-35(32)46(41)53-44-24-12-10-22-39(44)40-23-11-13-25-45(40)53/h1-30H. The van der Waals surface area contributed by atoms with Gasteiger partial charge in [0.2, 0.25) is 0 Å². The Labute approximate surface area is 305 Å². The third-order valence-corrected chi connectivity index (χ3v) is 10.6. The lowest BCUT2D eigenvalue weighted by molar-refractivity contribution is 1.07. The minimum Gasteiger partial charge on any atom is -0.308 e. The van der Waals surface area contributed by atoms with Crippen LogP contribution in [-0.2, 0) is 0 Å². The second-order valence-electron chi connectivity index (χ2n) is 13.6. The fourth-order valence-corrected chi connectivity index (χ4v) is 8.22. The predicted octanol–water partition coefficient (Wildman–Crippen LogP) is 12.6. The van der Waals surface area contributed by atoms with E-state index in [2.05, 4.69) is 168 Å². The first-order chi connectivity index (χ1) is 26.3. The van der Waals surface area contributed by atoms with Crippen molar-refractivity contribution >= 4 is 64.9 Å². The van der Waals surface area contributed by atoms with Crippen LogP contribution in [0.4, 0.5) is 0 Å². The van der Waals surface area contributed by atoms with Crippen molar-refractivity contribution in [1.29, 1.82) is 0 Å². The molecule has 2 aromatic heterocycles. The summed E-state index contributed by atoms with van der Waals surface area (Å²) in [7, 11) is 0. The van der Waals surface area contributed by atoms with Gasteiger partial charge in [-0.3, -0.25) is 0 Å². The summed E-state index contributed by atoms with van der Waals surface area (Å²) < 4.78 is 2.39. The van der Waals surface area contributed by atoms with Crippen molar-refractivity contribution in [3.8, 4) is 39.9 Å². The Morgan fingerprint density at radius 2 is 0.792 bits per heavy atom. The summed E-state index contributed by atoms with van der Waals surface area (Å²) in [5.74, 6) is 1.90. The highest BCUT2D eigenvalue weighted by Crippen LogP contribution is 2.41. The van der Waals surface area contributed by atoms with E-state index in [0.29, 0.717) is 17.5 Å². The molecule has 0 unspecified atom stereocenters. The molecule has 2 heterocycles. The summed E-state index contributed by atoms with van der Waals surface area (Å²) in [4.78, 5) is 16.0. The topological polar surface area (TPSA) is 43.6 Å². The summed E-state index contributed by atoms with van der Waals surface area (Å²) in [6.45, 7) is 0. The fourth-order valence-electron chi connectivity index (χ4n) is 8.22. The van der Waals surface area contributed by atoms with Crippen molar-refractivity contribution in [1.82, 2.24) is 19.5 Å². The Hall–Kier alpha value is -7.17. The number of benzene rings is 9. The summed E-state index contributed by atoms with van der Waals surface area (Å²) in [5, 5.41) is 11.8. The number of para-hydroxylation sites is 2. The molecule has 9 aromatic carbocycles. The van der Waals surface area contributed by atoms with Crippen LogP contribution in [0.1, 0.15) is 0 Å². The number of hydrogen-bond donors (Lipinski definition) is 0. The highest BCUT2D eigenvalue weighted by Gasteiger charge is 2.22. The van der Waals surface area contributed by atoms with Gasteiger partial charge in [-0.2, -0.15) is 0 Å². The smallest absolute Gasteiger partial charge is 0.166 e. The lowest BCUT2D eigenvalue weighted by atomic mass is 9.93. The zero-order valence-electron chi connectivity index (χ0n) is 28.6. The van der Waals surface area contributed by atoms with Crippen LogP contribution < -0.4 is 0 Å². The fraction of sp³-hybridized carbons (Fsp3) is 0. The molecular weight excluding hydrogens is 645 g/mol. The molecule has 53 heavy (non-hydrogen) atoms. The number of hydrogen-bond acceptors (Lipinski definition) is 3. The predicted molar refractivity (Wildman–Crippen MR) is 220 cm³/mol. The molecule has 0 N–H and O–H groups in total. The van der Waals surface area contributed by atoms with Gasteiger partial charge in [-0.1, -0.05) is 158 Å².